The molecule has 0 aliphatic carbocycles. The second kappa shape index (κ2) is 5.23. The Kier molecular flexibility index (Phi) is 4.44. The third kappa shape index (κ3) is 3.01. The highest BCUT2D eigenvalue weighted by Crippen LogP contribution is 2.31. The number of halogens is 3. The van der Waals surface area contributed by atoms with Gasteiger partial charge in [0.25, 0.3) is 0 Å². The Labute approximate surface area is 103 Å². The summed E-state index contributed by atoms with van der Waals surface area (Å²) in [6, 6.07) is 2.46. The van der Waals surface area contributed by atoms with Gasteiger partial charge in [0.05, 0.1) is 4.47 Å². The molecule has 0 fully saturated rings. The van der Waals surface area contributed by atoms with Crippen LogP contribution in [0.4, 0.5) is 8.78 Å². The minimum Gasteiger partial charge on any atom is -0.320 e. The van der Waals surface area contributed by atoms with Crippen LogP contribution in [0.2, 0.25) is 0 Å². The zero-order valence-electron chi connectivity index (χ0n) is 9.70. The molecule has 1 aromatic carbocycles. The smallest absolute Gasteiger partial charge is 0.137 e. The fourth-order valence-corrected chi connectivity index (χ4v) is 1.93. The molecule has 90 valence electrons. The lowest BCUT2D eigenvalue weighted by atomic mass is 9.81. The maximum atomic E-state index is 13.7. The standard InChI is InChI=1S/C12H16BrF2N/c1-12(2,4-5-16-3)8-6-11(15)9(13)7-10(8)14/h6-7,16H,4-5H2,1-3H3. The highest BCUT2D eigenvalue weighted by molar-refractivity contribution is 9.10. The predicted molar refractivity (Wildman–Crippen MR) is 65.6 cm³/mol. The maximum absolute atomic E-state index is 13.7. The average molecular weight is 292 g/mol. The number of benzene rings is 1. The van der Waals surface area contributed by atoms with Crippen LogP contribution in [-0.2, 0) is 5.41 Å². The van der Waals surface area contributed by atoms with E-state index in [0.29, 0.717) is 5.56 Å². The monoisotopic (exact) mass is 291 g/mol. The average Bonchev–Trinajstić information content (AvgIpc) is 2.20. The lowest BCUT2D eigenvalue weighted by Crippen LogP contribution is -2.24. The van der Waals surface area contributed by atoms with Gasteiger partial charge in [-0.3, -0.25) is 0 Å². The van der Waals surface area contributed by atoms with E-state index in [1.54, 1.807) is 0 Å². The summed E-state index contributed by atoms with van der Waals surface area (Å²) in [6.07, 6.45) is 0.751. The van der Waals surface area contributed by atoms with E-state index in [9.17, 15) is 8.78 Å². The number of hydrogen-bond donors (Lipinski definition) is 1. The Hall–Kier alpha value is -0.480. The van der Waals surface area contributed by atoms with Crippen molar-refractivity contribution in [3.63, 3.8) is 0 Å². The van der Waals surface area contributed by atoms with E-state index in [0.717, 1.165) is 13.0 Å². The van der Waals surface area contributed by atoms with Gasteiger partial charge in [0.15, 0.2) is 0 Å². The summed E-state index contributed by atoms with van der Waals surface area (Å²) in [5, 5.41) is 3.01. The molecule has 0 saturated carbocycles. The molecular formula is C12H16BrF2N. The molecule has 1 rings (SSSR count). The van der Waals surface area contributed by atoms with Crippen molar-refractivity contribution in [3.05, 3.63) is 33.8 Å². The first kappa shape index (κ1) is 13.6. The van der Waals surface area contributed by atoms with E-state index in [1.165, 1.54) is 12.1 Å². The Morgan fingerprint density at radius 3 is 2.44 bits per heavy atom. The first-order chi connectivity index (χ1) is 7.38. The molecule has 1 nitrogen and oxygen atoms in total. The first-order valence-corrected chi connectivity index (χ1v) is 5.97. The molecule has 0 aromatic heterocycles. The predicted octanol–water partition coefficient (Wildman–Crippen LogP) is 3.61. The molecule has 1 N–H and O–H groups in total. The Bertz CT molecular complexity index is 378. The Balaban J connectivity index is 3.07. The largest absolute Gasteiger partial charge is 0.320 e. The topological polar surface area (TPSA) is 12.0 Å². The fourth-order valence-electron chi connectivity index (χ4n) is 1.61. The quantitative estimate of drug-likeness (QED) is 0.836. The van der Waals surface area contributed by atoms with Crippen LogP contribution in [-0.4, -0.2) is 13.6 Å². The minimum atomic E-state index is -0.422. The Morgan fingerprint density at radius 1 is 1.25 bits per heavy atom. The van der Waals surface area contributed by atoms with Gasteiger partial charge in [0, 0.05) is 0 Å². The van der Waals surface area contributed by atoms with Crippen molar-refractivity contribution in [2.45, 2.75) is 25.7 Å². The van der Waals surface area contributed by atoms with Gasteiger partial charge in [-0.1, -0.05) is 13.8 Å². The molecule has 0 radical (unpaired) electrons. The second-order valence-electron chi connectivity index (χ2n) is 4.48. The molecule has 0 aliphatic heterocycles. The van der Waals surface area contributed by atoms with Gasteiger partial charge in [0.2, 0.25) is 0 Å². The maximum Gasteiger partial charge on any atom is 0.137 e. The summed E-state index contributed by atoms with van der Waals surface area (Å²) in [5.74, 6) is -0.789. The molecule has 0 bridgehead atoms. The van der Waals surface area contributed by atoms with Gasteiger partial charge in [-0.15, -0.1) is 0 Å². The molecule has 4 heteroatoms. The van der Waals surface area contributed by atoms with Gasteiger partial charge in [-0.2, -0.15) is 0 Å². The number of hydrogen-bond acceptors (Lipinski definition) is 1. The molecule has 0 aliphatic rings. The molecule has 16 heavy (non-hydrogen) atoms. The lowest BCUT2D eigenvalue weighted by Gasteiger charge is -2.26. The van der Waals surface area contributed by atoms with E-state index in [2.05, 4.69) is 21.2 Å². The van der Waals surface area contributed by atoms with Gasteiger partial charge >= 0.3 is 0 Å². The van der Waals surface area contributed by atoms with Crippen molar-refractivity contribution in [2.75, 3.05) is 13.6 Å². The summed E-state index contributed by atoms with van der Waals surface area (Å²) in [7, 11) is 1.84. The fraction of sp³-hybridized carbons (Fsp3) is 0.500. The zero-order chi connectivity index (χ0) is 12.3. The van der Waals surface area contributed by atoms with Gasteiger partial charge in [-0.05, 0) is 59.1 Å². The van der Waals surface area contributed by atoms with E-state index < -0.39 is 5.82 Å². The van der Waals surface area contributed by atoms with Crippen LogP contribution in [0.25, 0.3) is 0 Å². The van der Waals surface area contributed by atoms with Crippen LogP contribution in [0, 0.1) is 11.6 Å². The van der Waals surface area contributed by atoms with Crippen LogP contribution in [0.3, 0.4) is 0 Å². The number of rotatable bonds is 4. The van der Waals surface area contributed by atoms with Crippen molar-refractivity contribution in [2.24, 2.45) is 0 Å². The van der Waals surface area contributed by atoms with Crippen molar-refractivity contribution in [3.8, 4) is 0 Å². The van der Waals surface area contributed by atoms with E-state index in [-0.39, 0.29) is 15.7 Å². The SMILES string of the molecule is CNCCC(C)(C)c1cc(F)c(Br)cc1F. The molecule has 1 aromatic rings. The molecule has 0 unspecified atom stereocenters. The normalized spacial score (nSPS) is 11.9. The molecule has 0 saturated heterocycles. The van der Waals surface area contributed by atoms with Crippen molar-refractivity contribution >= 4 is 15.9 Å². The van der Waals surface area contributed by atoms with Gasteiger partial charge in [-0.25, -0.2) is 8.78 Å². The zero-order valence-corrected chi connectivity index (χ0v) is 11.3. The highest BCUT2D eigenvalue weighted by Gasteiger charge is 2.25. The summed E-state index contributed by atoms with van der Waals surface area (Å²) < 4.78 is 27.3. The second-order valence-corrected chi connectivity index (χ2v) is 5.34. The third-order valence-electron chi connectivity index (χ3n) is 2.74. The van der Waals surface area contributed by atoms with Gasteiger partial charge < -0.3 is 5.32 Å². The van der Waals surface area contributed by atoms with E-state index >= 15 is 0 Å². The van der Waals surface area contributed by atoms with Crippen LogP contribution in [0.5, 0.6) is 0 Å². The lowest BCUT2D eigenvalue weighted by molar-refractivity contribution is 0.437. The number of nitrogens with one attached hydrogen (secondary N) is 1. The Morgan fingerprint density at radius 2 is 1.88 bits per heavy atom. The molecule has 0 amide bonds. The first-order valence-electron chi connectivity index (χ1n) is 5.18. The van der Waals surface area contributed by atoms with Crippen LogP contribution < -0.4 is 5.32 Å². The van der Waals surface area contributed by atoms with Crippen LogP contribution in [0.1, 0.15) is 25.8 Å². The highest BCUT2D eigenvalue weighted by atomic mass is 79.9. The summed E-state index contributed by atoms with van der Waals surface area (Å²) >= 11 is 2.97. The van der Waals surface area contributed by atoms with Gasteiger partial charge in [0.1, 0.15) is 11.6 Å². The van der Waals surface area contributed by atoms with Crippen molar-refractivity contribution < 1.29 is 8.78 Å². The summed E-state index contributed by atoms with van der Waals surface area (Å²) in [4.78, 5) is 0. The molecule has 0 spiro atoms. The van der Waals surface area contributed by atoms with Crippen LogP contribution in [0.15, 0.2) is 16.6 Å². The third-order valence-corrected chi connectivity index (χ3v) is 3.35. The van der Waals surface area contributed by atoms with Crippen molar-refractivity contribution in [1.29, 1.82) is 0 Å². The summed E-state index contributed by atoms with van der Waals surface area (Å²) in [6.45, 7) is 4.59. The molecule has 0 heterocycles. The van der Waals surface area contributed by atoms with E-state index in [4.69, 9.17) is 0 Å². The van der Waals surface area contributed by atoms with Crippen molar-refractivity contribution in [1.82, 2.24) is 5.32 Å². The van der Waals surface area contributed by atoms with Crippen LogP contribution >= 0.6 is 15.9 Å². The van der Waals surface area contributed by atoms with E-state index in [1.807, 2.05) is 20.9 Å². The molecular weight excluding hydrogens is 276 g/mol. The minimum absolute atomic E-state index is 0.165. The molecule has 0 atom stereocenters. The summed E-state index contributed by atoms with van der Waals surface area (Å²) in [5.41, 5.74) is 0.0395.